The van der Waals surface area contributed by atoms with Crippen LogP contribution in [0, 0.1) is 0 Å². The number of nitrogens with zero attached hydrogens (tertiary/aromatic N) is 2. The molecule has 0 fully saturated rings. The maximum absolute atomic E-state index is 4.26. The number of benzene rings is 3. The standard InChI is InChI=1S/C18H13N3/c1-2-7-15-13(5-1)10-11-14-6-3-8-16(18(14)15)17-9-4-12-19-21-20-17/h1-12H,(H,19,20). The average molecular weight is 271 g/mol. The summed E-state index contributed by atoms with van der Waals surface area (Å²) < 4.78 is 0. The van der Waals surface area contributed by atoms with Gasteiger partial charge < -0.3 is 0 Å². The normalized spacial score (nSPS) is 14.0. The highest BCUT2D eigenvalue weighted by Crippen LogP contribution is 2.32. The lowest BCUT2D eigenvalue weighted by Gasteiger charge is -2.09. The van der Waals surface area contributed by atoms with E-state index < -0.39 is 0 Å². The van der Waals surface area contributed by atoms with Gasteiger partial charge in [0, 0.05) is 11.8 Å². The third-order valence-corrected chi connectivity index (χ3v) is 3.69. The van der Waals surface area contributed by atoms with E-state index in [2.05, 4.69) is 70.4 Å². The molecular formula is C18H13N3. The number of fused-ring (bicyclic) bond motifs is 3. The van der Waals surface area contributed by atoms with Gasteiger partial charge in [0.2, 0.25) is 0 Å². The Kier molecular flexibility index (Phi) is 2.75. The van der Waals surface area contributed by atoms with E-state index in [1.165, 1.54) is 21.5 Å². The van der Waals surface area contributed by atoms with Gasteiger partial charge in [-0.1, -0.05) is 59.8 Å². The second-order valence-electron chi connectivity index (χ2n) is 4.93. The van der Waals surface area contributed by atoms with E-state index in [-0.39, 0.29) is 0 Å². The molecule has 1 heterocycles. The molecule has 0 aliphatic carbocycles. The van der Waals surface area contributed by atoms with Crippen molar-refractivity contribution in [3.05, 3.63) is 78.5 Å². The lowest BCUT2D eigenvalue weighted by molar-refractivity contribution is 0.882. The molecule has 1 aliphatic heterocycles. The van der Waals surface area contributed by atoms with Gasteiger partial charge in [0.25, 0.3) is 0 Å². The molecule has 1 N–H and O–H groups in total. The van der Waals surface area contributed by atoms with Crippen LogP contribution < -0.4 is 5.43 Å². The number of rotatable bonds is 1. The fourth-order valence-corrected chi connectivity index (χ4v) is 2.75. The molecule has 3 aromatic carbocycles. The maximum atomic E-state index is 4.26. The minimum Gasteiger partial charge on any atom is -0.267 e. The summed E-state index contributed by atoms with van der Waals surface area (Å²) in [6.45, 7) is 0. The molecular weight excluding hydrogens is 258 g/mol. The molecule has 0 amide bonds. The lowest BCUT2D eigenvalue weighted by atomic mass is 9.96. The van der Waals surface area contributed by atoms with E-state index in [0.717, 1.165) is 11.3 Å². The first-order valence-electron chi connectivity index (χ1n) is 6.87. The molecule has 0 saturated carbocycles. The molecule has 21 heavy (non-hydrogen) atoms. The third-order valence-electron chi connectivity index (χ3n) is 3.69. The van der Waals surface area contributed by atoms with E-state index in [1.807, 2.05) is 12.2 Å². The van der Waals surface area contributed by atoms with Gasteiger partial charge in [-0.15, -0.1) is 5.11 Å². The Bertz CT molecular complexity index is 920. The minimum absolute atomic E-state index is 0.859. The van der Waals surface area contributed by atoms with E-state index in [9.17, 15) is 0 Å². The molecule has 4 rings (SSSR count). The Morgan fingerprint density at radius 3 is 2.67 bits per heavy atom. The first-order valence-corrected chi connectivity index (χ1v) is 6.87. The molecule has 3 nitrogen and oxygen atoms in total. The Balaban J connectivity index is 2.11. The highest BCUT2D eigenvalue weighted by atomic mass is 15.4. The average Bonchev–Trinajstić information content (AvgIpc) is 2.83. The summed E-state index contributed by atoms with van der Waals surface area (Å²) in [5, 5.41) is 13.1. The molecule has 1 aliphatic rings. The second-order valence-corrected chi connectivity index (χ2v) is 4.93. The van der Waals surface area contributed by atoms with Crippen molar-refractivity contribution in [1.82, 2.24) is 5.43 Å². The van der Waals surface area contributed by atoms with Crippen LogP contribution in [-0.4, -0.2) is 0 Å². The van der Waals surface area contributed by atoms with Crippen molar-refractivity contribution < 1.29 is 0 Å². The van der Waals surface area contributed by atoms with Gasteiger partial charge in [0.05, 0.1) is 5.70 Å². The van der Waals surface area contributed by atoms with Gasteiger partial charge in [-0.25, -0.2) is 0 Å². The van der Waals surface area contributed by atoms with Crippen molar-refractivity contribution in [1.29, 1.82) is 0 Å². The molecule has 3 aromatic rings. The predicted molar refractivity (Wildman–Crippen MR) is 86.6 cm³/mol. The summed E-state index contributed by atoms with van der Waals surface area (Å²) in [5.41, 5.74) is 4.72. The van der Waals surface area contributed by atoms with Crippen molar-refractivity contribution in [2.75, 3.05) is 0 Å². The Labute approximate surface area is 122 Å². The van der Waals surface area contributed by atoms with Crippen LogP contribution in [0.1, 0.15) is 5.56 Å². The lowest BCUT2D eigenvalue weighted by Crippen LogP contribution is -1.89. The van der Waals surface area contributed by atoms with E-state index in [4.69, 9.17) is 0 Å². The van der Waals surface area contributed by atoms with Gasteiger partial charge in [-0.05, 0) is 33.7 Å². The maximum Gasteiger partial charge on any atom is 0.0953 e. The molecule has 100 valence electrons. The van der Waals surface area contributed by atoms with Crippen LogP contribution in [0.2, 0.25) is 0 Å². The van der Waals surface area contributed by atoms with E-state index in [1.54, 1.807) is 6.20 Å². The Hall–Kier alpha value is -2.94. The number of hydrogen-bond acceptors (Lipinski definition) is 3. The molecule has 0 unspecified atom stereocenters. The molecule has 0 aromatic heterocycles. The largest absolute Gasteiger partial charge is 0.267 e. The van der Waals surface area contributed by atoms with E-state index in [0.29, 0.717) is 0 Å². The van der Waals surface area contributed by atoms with Crippen LogP contribution in [-0.2, 0) is 0 Å². The zero-order valence-corrected chi connectivity index (χ0v) is 11.3. The molecule has 0 spiro atoms. The monoisotopic (exact) mass is 271 g/mol. The Morgan fingerprint density at radius 1 is 0.810 bits per heavy atom. The minimum atomic E-state index is 0.859. The summed E-state index contributed by atoms with van der Waals surface area (Å²) in [5.74, 6) is 0. The fraction of sp³-hybridized carbons (Fsp3) is 0. The SMILES string of the molecule is C1=CNN=NC(c2cccc3ccc4ccccc4c23)=C1. The highest BCUT2D eigenvalue weighted by molar-refractivity contribution is 6.12. The van der Waals surface area contributed by atoms with Gasteiger partial charge in [-0.2, -0.15) is 0 Å². The van der Waals surface area contributed by atoms with Crippen LogP contribution in [0.3, 0.4) is 0 Å². The molecule has 0 saturated heterocycles. The first kappa shape index (κ1) is 11.9. The van der Waals surface area contributed by atoms with Crippen LogP contribution in [0.25, 0.3) is 27.2 Å². The zero-order chi connectivity index (χ0) is 14.1. The van der Waals surface area contributed by atoms with Crippen LogP contribution in [0.4, 0.5) is 0 Å². The second kappa shape index (κ2) is 4.87. The molecule has 0 radical (unpaired) electrons. The number of hydrogen-bond donors (Lipinski definition) is 1. The van der Waals surface area contributed by atoms with Crippen molar-refractivity contribution in [3.63, 3.8) is 0 Å². The smallest absolute Gasteiger partial charge is 0.0953 e. The Morgan fingerprint density at radius 2 is 1.67 bits per heavy atom. The summed E-state index contributed by atoms with van der Waals surface area (Å²) >= 11 is 0. The van der Waals surface area contributed by atoms with Gasteiger partial charge in [-0.3, -0.25) is 5.43 Å². The van der Waals surface area contributed by atoms with Crippen LogP contribution >= 0.6 is 0 Å². The zero-order valence-electron chi connectivity index (χ0n) is 11.3. The summed E-state index contributed by atoms with van der Waals surface area (Å²) in [6, 6.07) is 19.0. The summed E-state index contributed by atoms with van der Waals surface area (Å²) in [7, 11) is 0. The van der Waals surface area contributed by atoms with Crippen molar-refractivity contribution >= 4 is 27.2 Å². The van der Waals surface area contributed by atoms with Crippen molar-refractivity contribution in [2.45, 2.75) is 0 Å². The first-order chi connectivity index (χ1) is 10.4. The summed E-state index contributed by atoms with van der Waals surface area (Å²) in [4.78, 5) is 0. The topological polar surface area (TPSA) is 36.8 Å². The molecule has 3 heteroatoms. The van der Waals surface area contributed by atoms with Gasteiger partial charge in [0.1, 0.15) is 0 Å². The number of nitrogens with one attached hydrogen (secondary N) is 1. The van der Waals surface area contributed by atoms with E-state index >= 15 is 0 Å². The third kappa shape index (κ3) is 1.99. The highest BCUT2D eigenvalue weighted by Gasteiger charge is 2.09. The van der Waals surface area contributed by atoms with Crippen molar-refractivity contribution in [2.24, 2.45) is 10.3 Å². The molecule has 0 atom stereocenters. The number of allylic oxidation sites excluding steroid dienone is 2. The molecule has 0 bridgehead atoms. The van der Waals surface area contributed by atoms with Gasteiger partial charge >= 0.3 is 0 Å². The van der Waals surface area contributed by atoms with Crippen LogP contribution in [0.5, 0.6) is 0 Å². The fourth-order valence-electron chi connectivity index (χ4n) is 2.75. The van der Waals surface area contributed by atoms with Crippen molar-refractivity contribution in [3.8, 4) is 0 Å². The van der Waals surface area contributed by atoms with Gasteiger partial charge in [0.15, 0.2) is 0 Å². The quantitative estimate of drug-likeness (QED) is 0.633. The predicted octanol–water partition coefficient (Wildman–Crippen LogP) is 4.82. The van der Waals surface area contributed by atoms with Crippen LogP contribution in [0.15, 0.2) is 83.3 Å². The summed E-state index contributed by atoms with van der Waals surface area (Å²) in [6.07, 6.45) is 5.65.